The molecule has 0 unspecified atom stereocenters. The van der Waals surface area contributed by atoms with Gasteiger partial charge in [-0.2, -0.15) is 0 Å². The van der Waals surface area contributed by atoms with Gasteiger partial charge >= 0.3 is 0 Å². The molecule has 0 aliphatic heterocycles. The maximum Gasteiger partial charge on any atom is 0.0163 e. The normalized spacial score (nSPS) is 13.1. The van der Waals surface area contributed by atoms with E-state index in [1.807, 2.05) is 20.9 Å². The van der Waals surface area contributed by atoms with Gasteiger partial charge in [0.2, 0.25) is 0 Å². The molecule has 0 saturated heterocycles. The van der Waals surface area contributed by atoms with Crippen LogP contribution in [-0.2, 0) is 0 Å². The van der Waals surface area contributed by atoms with Crippen LogP contribution in [0.1, 0.15) is 13.8 Å². The van der Waals surface area contributed by atoms with Crippen molar-refractivity contribution in [1.29, 1.82) is 0 Å². The minimum atomic E-state index is 1.04. The Bertz CT molecular complexity index is 82.1. The van der Waals surface area contributed by atoms with Crippen molar-refractivity contribution in [2.75, 3.05) is 7.05 Å². The summed E-state index contributed by atoms with van der Waals surface area (Å²) in [5.74, 6) is 0. The van der Waals surface area contributed by atoms with E-state index in [2.05, 4.69) is 17.9 Å². The molecule has 2 heteroatoms. The van der Waals surface area contributed by atoms with E-state index in [0.29, 0.717) is 0 Å². The monoisotopic (exact) mass is 117 g/mol. The molecule has 0 saturated carbocycles. The fourth-order valence-electron chi connectivity index (χ4n) is 0.181. The fraction of sp³-hybridized carbons (Fsp3) is 0.600. The van der Waals surface area contributed by atoms with E-state index in [9.17, 15) is 0 Å². The van der Waals surface area contributed by atoms with Gasteiger partial charge in [0.25, 0.3) is 0 Å². The molecule has 0 aromatic carbocycles. The summed E-state index contributed by atoms with van der Waals surface area (Å²) in [5, 5.41) is 2.97. The van der Waals surface area contributed by atoms with Crippen LogP contribution in [0.2, 0.25) is 0 Å². The van der Waals surface area contributed by atoms with Crippen molar-refractivity contribution >= 4 is 12.6 Å². The molecule has 0 rings (SSSR count). The highest BCUT2D eigenvalue weighted by Gasteiger charge is 1.82. The van der Waals surface area contributed by atoms with Gasteiger partial charge in [-0.05, 0) is 18.8 Å². The topological polar surface area (TPSA) is 12.0 Å². The summed E-state index contributed by atoms with van der Waals surface area (Å²) in [6.45, 7) is 3.94. The van der Waals surface area contributed by atoms with Crippen molar-refractivity contribution in [3.63, 3.8) is 0 Å². The van der Waals surface area contributed by atoms with Gasteiger partial charge in [-0.1, -0.05) is 0 Å². The Morgan fingerprint density at radius 3 is 1.86 bits per heavy atom. The molecule has 0 heterocycles. The van der Waals surface area contributed by atoms with Crippen LogP contribution in [0.4, 0.5) is 0 Å². The summed E-state index contributed by atoms with van der Waals surface area (Å²) in [4.78, 5) is 1.04. The molecule has 0 atom stereocenters. The van der Waals surface area contributed by atoms with Gasteiger partial charge in [-0.3, -0.25) is 0 Å². The largest absolute Gasteiger partial charge is 0.391 e. The van der Waals surface area contributed by atoms with Crippen LogP contribution in [0.15, 0.2) is 10.6 Å². The van der Waals surface area contributed by atoms with Gasteiger partial charge in [-0.25, -0.2) is 0 Å². The SMILES string of the molecule is CN/C(C)=C(/C)S. The summed E-state index contributed by atoms with van der Waals surface area (Å²) in [7, 11) is 1.88. The maximum atomic E-state index is 4.09. The standard InChI is InChI=1S/C5H11NS/c1-4(6-3)5(2)7/h6-7H,1-3H3/b5-4-. The highest BCUT2D eigenvalue weighted by Crippen LogP contribution is 2.01. The fourth-order valence-corrected chi connectivity index (χ4v) is 0.293. The van der Waals surface area contributed by atoms with Crippen molar-refractivity contribution in [1.82, 2.24) is 5.32 Å². The Morgan fingerprint density at radius 1 is 1.43 bits per heavy atom. The third-order valence-electron chi connectivity index (χ3n) is 0.918. The second kappa shape index (κ2) is 2.97. The molecule has 0 aromatic rings. The molecule has 0 amide bonds. The lowest BCUT2D eigenvalue weighted by atomic mass is 10.5. The third kappa shape index (κ3) is 2.57. The van der Waals surface area contributed by atoms with Crippen LogP contribution in [0.5, 0.6) is 0 Å². The first-order chi connectivity index (χ1) is 3.18. The Balaban J connectivity index is 3.72. The number of allylic oxidation sites excluding steroid dienone is 2. The maximum absolute atomic E-state index is 4.09. The Hall–Kier alpha value is -0.110. The summed E-state index contributed by atoms with van der Waals surface area (Å²) in [6.07, 6.45) is 0. The van der Waals surface area contributed by atoms with Crippen LogP contribution >= 0.6 is 12.6 Å². The second-order valence-electron chi connectivity index (χ2n) is 1.46. The van der Waals surface area contributed by atoms with Crippen LogP contribution in [0.3, 0.4) is 0 Å². The van der Waals surface area contributed by atoms with Gasteiger partial charge < -0.3 is 5.32 Å². The average Bonchev–Trinajstić information content (AvgIpc) is 1.65. The highest BCUT2D eigenvalue weighted by molar-refractivity contribution is 7.84. The molecule has 0 bridgehead atoms. The van der Waals surface area contributed by atoms with Gasteiger partial charge in [0.05, 0.1) is 0 Å². The molecule has 0 aromatic heterocycles. The van der Waals surface area contributed by atoms with Gasteiger partial charge in [0.1, 0.15) is 0 Å². The first-order valence-corrected chi connectivity index (χ1v) is 2.67. The predicted molar refractivity (Wildman–Crippen MR) is 36.4 cm³/mol. The molecule has 0 aliphatic rings. The van der Waals surface area contributed by atoms with E-state index in [1.54, 1.807) is 0 Å². The van der Waals surface area contributed by atoms with E-state index in [4.69, 9.17) is 0 Å². The van der Waals surface area contributed by atoms with Crippen LogP contribution in [0, 0.1) is 0 Å². The molecule has 7 heavy (non-hydrogen) atoms. The number of hydrogen-bond acceptors (Lipinski definition) is 2. The van der Waals surface area contributed by atoms with Crippen molar-refractivity contribution in [3.8, 4) is 0 Å². The van der Waals surface area contributed by atoms with Crippen LogP contribution < -0.4 is 5.32 Å². The van der Waals surface area contributed by atoms with Crippen molar-refractivity contribution in [3.05, 3.63) is 10.6 Å². The first kappa shape index (κ1) is 6.89. The molecular weight excluding hydrogens is 106 g/mol. The molecule has 0 radical (unpaired) electrons. The van der Waals surface area contributed by atoms with Crippen molar-refractivity contribution < 1.29 is 0 Å². The summed E-state index contributed by atoms with van der Waals surface area (Å²) in [5.41, 5.74) is 1.13. The molecule has 0 fully saturated rings. The summed E-state index contributed by atoms with van der Waals surface area (Å²) in [6, 6.07) is 0. The zero-order valence-corrected chi connectivity index (χ0v) is 5.84. The zero-order chi connectivity index (χ0) is 5.86. The quantitative estimate of drug-likeness (QED) is 0.494. The van der Waals surface area contributed by atoms with Crippen LogP contribution in [-0.4, -0.2) is 7.05 Å². The van der Waals surface area contributed by atoms with E-state index in [1.165, 1.54) is 0 Å². The molecule has 0 aliphatic carbocycles. The molecule has 1 N–H and O–H groups in total. The van der Waals surface area contributed by atoms with Gasteiger partial charge in [-0.15, -0.1) is 12.6 Å². The summed E-state index contributed by atoms with van der Waals surface area (Å²) < 4.78 is 0. The number of nitrogens with one attached hydrogen (secondary N) is 1. The zero-order valence-electron chi connectivity index (χ0n) is 4.95. The first-order valence-electron chi connectivity index (χ1n) is 2.22. The lowest BCUT2D eigenvalue weighted by Gasteiger charge is -1.97. The lowest BCUT2D eigenvalue weighted by molar-refractivity contribution is 0.980. The minimum Gasteiger partial charge on any atom is -0.391 e. The van der Waals surface area contributed by atoms with E-state index in [0.717, 1.165) is 10.6 Å². The second-order valence-corrected chi connectivity index (χ2v) is 2.13. The average molecular weight is 117 g/mol. The van der Waals surface area contributed by atoms with Crippen LogP contribution in [0.25, 0.3) is 0 Å². The number of hydrogen-bond donors (Lipinski definition) is 2. The molecule has 0 spiro atoms. The molecular formula is C5H11NS. The molecule has 42 valence electrons. The Morgan fingerprint density at radius 2 is 1.86 bits per heavy atom. The van der Waals surface area contributed by atoms with Gasteiger partial charge in [0.15, 0.2) is 0 Å². The number of rotatable bonds is 1. The predicted octanol–water partition coefficient (Wildman–Crippen LogP) is 1.39. The number of thiol groups is 1. The lowest BCUT2D eigenvalue weighted by Crippen LogP contribution is -2.01. The third-order valence-corrected chi connectivity index (χ3v) is 1.25. The van der Waals surface area contributed by atoms with E-state index >= 15 is 0 Å². The van der Waals surface area contributed by atoms with Gasteiger partial charge in [0, 0.05) is 12.7 Å². The highest BCUT2D eigenvalue weighted by atomic mass is 32.1. The Kier molecular flexibility index (Phi) is 2.92. The minimum absolute atomic E-state index is 1.04. The summed E-state index contributed by atoms with van der Waals surface area (Å²) >= 11 is 4.09. The van der Waals surface area contributed by atoms with Crippen molar-refractivity contribution in [2.45, 2.75) is 13.8 Å². The van der Waals surface area contributed by atoms with E-state index in [-0.39, 0.29) is 0 Å². The molecule has 1 nitrogen and oxygen atoms in total. The van der Waals surface area contributed by atoms with E-state index < -0.39 is 0 Å². The smallest absolute Gasteiger partial charge is 0.0163 e. The van der Waals surface area contributed by atoms with Crippen molar-refractivity contribution in [2.24, 2.45) is 0 Å². The Labute approximate surface area is 50.2 Å².